The molecule has 0 saturated carbocycles. The number of unbranched alkanes of at least 4 members (excludes halogenated alkanes) is 1. The number of hydrogen-bond donors (Lipinski definition) is 1. The Morgan fingerprint density at radius 2 is 1.62 bits per heavy atom. The summed E-state index contributed by atoms with van der Waals surface area (Å²) < 4.78 is 10.6. The molecule has 0 fully saturated rings. The van der Waals surface area contributed by atoms with Gasteiger partial charge in [0.15, 0.2) is 0 Å². The largest absolute Gasteiger partial charge is 0.394 e. The maximum absolute atomic E-state index is 8.48. The van der Waals surface area contributed by atoms with Crippen molar-refractivity contribution < 1.29 is 14.6 Å². The Bertz CT molecular complexity index is 133. The van der Waals surface area contributed by atoms with Crippen molar-refractivity contribution in [1.29, 1.82) is 0 Å². The number of hydrogen-bond acceptors (Lipinski definition) is 4. The molecule has 0 aromatic carbocycles. The smallest absolute Gasteiger partial charge is 0.0697 e. The number of ether oxygens (including phenoxy) is 2. The zero-order chi connectivity index (χ0) is 12.1. The monoisotopic (exact) mass is 233 g/mol. The summed E-state index contributed by atoms with van der Waals surface area (Å²) >= 11 is 0. The van der Waals surface area contributed by atoms with Gasteiger partial charge in [-0.15, -0.1) is 0 Å². The Balaban J connectivity index is 3.02. The van der Waals surface area contributed by atoms with Gasteiger partial charge in [0.2, 0.25) is 0 Å². The zero-order valence-corrected chi connectivity index (χ0v) is 10.8. The lowest BCUT2D eigenvalue weighted by atomic mass is 10.3. The Morgan fingerprint density at radius 3 is 2.25 bits per heavy atom. The highest BCUT2D eigenvalue weighted by molar-refractivity contribution is 4.49. The normalized spacial score (nSPS) is 11.2. The fraction of sp³-hybridized carbons (Fsp3) is 1.00. The third-order valence-corrected chi connectivity index (χ3v) is 2.32. The average molecular weight is 233 g/mol. The lowest BCUT2D eigenvalue weighted by Crippen LogP contribution is -2.24. The molecule has 0 bridgehead atoms. The molecule has 0 aliphatic carbocycles. The molecule has 4 heteroatoms. The first-order chi connectivity index (χ1) is 7.81. The van der Waals surface area contributed by atoms with Gasteiger partial charge in [0.25, 0.3) is 0 Å². The second-order valence-electron chi connectivity index (χ2n) is 3.96. The lowest BCUT2D eigenvalue weighted by Gasteiger charge is -2.15. The molecular weight excluding hydrogens is 206 g/mol. The summed E-state index contributed by atoms with van der Waals surface area (Å²) in [6.07, 6.45) is 3.40. The van der Waals surface area contributed by atoms with Gasteiger partial charge < -0.3 is 19.5 Å². The number of nitrogens with zero attached hydrogens (tertiary/aromatic N) is 1. The topological polar surface area (TPSA) is 41.9 Å². The Morgan fingerprint density at radius 1 is 0.938 bits per heavy atom. The van der Waals surface area contributed by atoms with E-state index in [-0.39, 0.29) is 6.61 Å². The molecule has 0 heterocycles. The molecule has 0 radical (unpaired) electrons. The summed E-state index contributed by atoms with van der Waals surface area (Å²) in [5.41, 5.74) is 0. The molecule has 0 aromatic rings. The minimum Gasteiger partial charge on any atom is -0.394 e. The number of aliphatic hydroxyl groups is 1. The summed E-state index contributed by atoms with van der Waals surface area (Å²) in [5.74, 6) is 0. The van der Waals surface area contributed by atoms with Crippen molar-refractivity contribution in [3.8, 4) is 0 Å². The van der Waals surface area contributed by atoms with Crippen LogP contribution < -0.4 is 0 Å². The highest BCUT2D eigenvalue weighted by Crippen LogP contribution is 1.92. The van der Waals surface area contributed by atoms with E-state index in [0.717, 1.165) is 32.7 Å². The predicted octanol–water partition coefficient (Wildman–Crippen LogP) is 1.13. The summed E-state index contributed by atoms with van der Waals surface area (Å²) in [4.78, 5) is 2.30. The Hall–Kier alpha value is -0.160. The van der Waals surface area contributed by atoms with Crippen LogP contribution in [0.25, 0.3) is 0 Å². The molecule has 0 unspecified atom stereocenters. The Kier molecular flexibility index (Phi) is 12.8. The average Bonchev–Trinajstić information content (AvgIpc) is 2.30. The third kappa shape index (κ3) is 11.9. The quantitative estimate of drug-likeness (QED) is 0.513. The van der Waals surface area contributed by atoms with E-state index in [9.17, 15) is 0 Å². The summed E-state index contributed by atoms with van der Waals surface area (Å²) in [6, 6.07) is 0. The fourth-order valence-corrected chi connectivity index (χ4v) is 1.29. The first-order valence-corrected chi connectivity index (χ1v) is 6.26. The number of likely N-dealkylation sites (N-methyl/N-ethyl adjacent to an activating group) is 1. The molecular formula is C12H27NO3. The zero-order valence-electron chi connectivity index (χ0n) is 10.8. The maximum atomic E-state index is 8.48. The van der Waals surface area contributed by atoms with Crippen LogP contribution >= 0.6 is 0 Å². The van der Waals surface area contributed by atoms with Crippen LogP contribution in [0.15, 0.2) is 0 Å². The van der Waals surface area contributed by atoms with Gasteiger partial charge in [-0.1, -0.05) is 13.3 Å². The predicted molar refractivity (Wildman–Crippen MR) is 65.7 cm³/mol. The van der Waals surface area contributed by atoms with Crippen molar-refractivity contribution in [3.05, 3.63) is 0 Å². The summed E-state index contributed by atoms with van der Waals surface area (Å²) in [6.45, 7) is 7.09. The van der Waals surface area contributed by atoms with Crippen LogP contribution in [-0.2, 0) is 9.47 Å². The maximum Gasteiger partial charge on any atom is 0.0697 e. The van der Waals surface area contributed by atoms with Crippen molar-refractivity contribution >= 4 is 0 Å². The van der Waals surface area contributed by atoms with Gasteiger partial charge in [-0.25, -0.2) is 0 Å². The second-order valence-corrected chi connectivity index (χ2v) is 3.96. The van der Waals surface area contributed by atoms with Gasteiger partial charge in [0.1, 0.15) is 0 Å². The van der Waals surface area contributed by atoms with E-state index in [4.69, 9.17) is 14.6 Å². The molecule has 0 aliphatic rings. The molecule has 16 heavy (non-hydrogen) atoms. The van der Waals surface area contributed by atoms with Crippen molar-refractivity contribution in [1.82, 2.24) is 4.90 Å². The molecule has 0 atom stereocenters. The van der Waals surface area contributed by atoms with Crippen LogP contribution in [0.5, 0.6) is 0 Å². The third-order valence-electron chi connectivity index (χ3n) is 2.32. The van der Waals surface area contributed by atoms with Crippen LogP contribution in [0.1, 0.15) is 26.2 Å². The molecule has 1 N–H and O–H groups in total. The first kappa shape index (κ1) is 15.8. The first-order valence-electron chi connectivity index (χ1n) is 6.26. The van der Waals surface area contributed by atoms with Crippen LogP contribution in [-0.4, -0.2) is 63.2 Å². The van der Waals surface area contributed by atoms with Gasteiger partial charge in [-0.3, -0.25) is 0 Å². The van der Waals surface area contributed by atoms with E-state index in [0.29, 0.717) is 13.2 Å². The molecule has 4 nitrogen and oxygen atoms in total. The molecule has 0 rings (SSSR count). The highest BCUT2D eigenvalue weighted by Gasteiger charge is 1.97. The molecule has 0 aliphatic heterocycles. The van der Waals surface area contributed by atoms with Crippen LogP contribution in [0, 0.1) is 0 Å². The lowest BCUT2D eigenvalue weighted by molar-refractivity contribution is 0.0589. The van der Waals surface area contributed by atoms with Crippen LogP contribution in [0.3, 0.4) is 0 Å². The Labute approximate surface area is 99.5 Å². The molecule has 0 spiro atoms. The van der Waals surface area contributed by atoms with Gasteiger partial charge in [0, 0.05) is 19.8 Å². The van der Waals surface area contributed by atoms with Gasteiger partial charge >= 0.3 is 0 Å². The van der Waals surface area contributed by atoms with E-state index >= 15 is 0 Å². The standard InChI is InChI=1S/C12H27NO3/c1-3-4-6-13(2)7-11-15-9-5-10-16-12-8-14/h14H,3-12H2,1-2H3. The van der Waals surface area contributed by atoms with Gasteiger partial charge in [-0.2, -0.15) is 0 Å². The van der Waals surface area contributed by atoms with Crippen LogP contribution in [0.2, 0.25) is 0 Å². The molecule has 0 amide bonds. The van der Waals surface area contributed by atoms with E-state index in [1.807, 2.05) is 0 Å². The van der Waals surface area contributed by atoms with E-state index in [2.05, 4.69) is 18.9 Å². The highest BCUT2D eigenvalue weighted by atomic mass is 16.5. The number of aliphatic hydroxyl groups excluding tert-OH is 1. The van der Waals surface area contributed by atoms with Gasteiger partial charge in [0.05, 0.1) is 19.8 Å². The van der Waals surface area contributed by atoms with E-state index in [1.165, 1.54) is 12.8 Å². The van der Waals surface area contributed by atoms with E-state index < -0.39 is 0 Å². The van der Waals surface area contributed by atoms with Crippen molar-refractivity contribution in [3.63, 3.8) is 0 Å². The van der Waals surface area contributed by atoms with E-state index in [1.54, 1.807) is 0 Å². The van der Waals surface area contributed by atoms with Gasteiger partial charge in [-0.05, 0) is 26.4 Å². The van der Waals surface area contributed by atoms with Crippen molar-refractivity contribution in [2.45, 2.75) is 26.2 Å². The van der Waals surface area contributed by atoms with Crippen molar-refractivity contribution in [2.75, 3.05) is 53.2 Å². The SMILES string of the molecule is CCCCN(C)CCOCCCOCCO. The fourth-order valence-electron chi connectivity index (χ4n) is 1.29. The van der Waals surface area contributed by atoms with Crippen LogP contribution in [0.4, 0.5) is 0 Å². The van der Waals surface area contributed by atoms with Crippen molar-refractivity contribution in [2.24, 2.45) is 0 Å². The molecule has 98 valence electrons. The summed E-state index contributed by atoms with van der Waals surface area (Å²) in [7, 11) is 2.13. The summed E-state index contributed by atoms with van der Waals surface area (Å²) in [5, 5.41) is 8.48. The minimum absolute atomic E-state index is 0.100. The minimum atomic E-state index is 0.100. The molecule has 0 saturated heterocycles. The molecule has 0 aromatic heterocycles. The second kappa shape index (κ2) is 12.9. The number of rotatable bonds is 12.